The fourth-order valence-electron chi connectivity index (χ4n) is 2.33. The maximum Gasteiger partial charge on any atom is 0.195 e. The Morgan fingerprint density at radius 2 is 1.95 bits per heavy atom. The molecule has 2 aromatic carbocycles. The lowest BCUT2D eigenvalue weighted by Crippen LogP contribution is -2.06. The van der Waals surface area contributed by atoms with Gasteiger partial charge in [-0.25, -0.2) is 0 Å². The fraction of sp³-hybridized carbons (Fsp3) is 0.0588. The molecule has 0 bridgehead atoms. The minimum absolute atomic E-state index is 0.0528. The standard InChI is InChI=1S/C17H14N2O/c1-11-5-6-16(18)15(9-11)17(20)14-4-2-3-12-10-19-8-7-13(12)14/h2-10H,18H2,1H3. The Balaban J connectivity index is 2.20. The highest BCUT2D eigenvalue weighted by atomic mass is 16.1. The molecule has 98 valence electrons. The number of aryl methyl sites for hydroxylation is 1. The number of benzene rings is 2. The first kappa shape index (κ1) is 12.4. The number of carbonyl (C=O) groups is 1. The molecule has 0 atom stereocenters. The first-order valence-corrected chi connectivity index (χ1v) is 6.40. The molecule has 20 heavy (non-hydrogen) atoms. The molecule has 0 saturated carbocycles. The number of nitrogen functional groups attached to an aromatic ring is 1. The van der Waals surface area contributed by atoms with Crippen molar-refractivity contribution in [3.63, 3.8) is 0 Å². The summed E-state index contributed by atoms with van der Waals surface area (Å²) in [6.45, 7) is 1.95. The molecule has 0 aliphatic carbocycles. The van der Waals surface area contributed by atoms with E-state index in [0.29, 0.717) is 16.8 Å². The first-order chi connectivity index (χ1) is 9.66. The van der Waals surface area contributed by atoms with Crippen LogP contribution in [0.5, 0.6) is 0 Å². The third-order valence-electron chi connectivity index (χ3n) is 3.38. The molecule has 1 aromatic heterocycles. The van der Waals surface area contributed by atoms with Gasteiger partial charge in [-0.2, -0.15) is 0 Å². The minimum Gasteiger partial charge on any atom is -0.398 e. The summed E-state index contributed by atoms with van der Waals surface area (Å²) in [7, 11) is 0. The van der Waals surface area contributed by atoms with Crippen LogP contribution in [0, 0.1) is 6.92 Å². The summed E-state index contributed by atoms with van der Waals surface area (Å²) >= 11 is 0. The van der Waals surface area contributed by atoms with Crippen LogP contribution in [0.15, 0.2) is 54.9 Å². The number of nitrogens with zero attached hydrogens (tertiary/aromatic N) is 1. The summed E-state index contributed by atoms with van der Waals surface area (Å²) in [4.78, 5) is 16.8. The second kappa shape index (κ2) is 4.78. The Labute approximate surface area is 117 Å². The van der Waals surface area contributed by atoms with Crippen molar-refractivity contribution in [2.75, 3.05) is 5.73 Å². The fourth-order valence-corrected chi connectivity index (χ4v) is 2.33. The van der Waals surface area contributed by atoms with E-state index in [0.717, 1.165) is 16.3 Å². The number of rotatable bonds is 2. The SMILES string of the molecule is Cc1ccc(N)c(C(=O)c2cccc3cnccc23)c1. The van der Waals surface area contributed by atoms with E-state index >= 15 is 0 Å². The monoisotopic (exact) mass is 262 g/mol. The summed E-state index contributed by atoms with van der Waals surface area (Å²) in [5.74, 6) is -0.0528. The van der Waals surface area contributed by atoms with Crippen molar-refractivity contribution < 1.29 is 4.79 Å². The number of anilines is 1. The summed E-state index contributed by atoms with van der Waals surface area (Å²) < 4.78 is 0. The van der Waals surface area contributed by atoms with Gasteiger partial charge in [0.05, 0.1) is 0 Å². The third kappa shape index (κ3) is 2.03. The zero-order valence-corrected chi connectivity index (χ0v) is 11.1. The largest absolute Gasteiger partial charge is 0.398 e. The van der Waals surface area contributed by atoms with Crippen molar-refractivity contribution in [2.24, 2.45) is 0 Å². The maximum absolute atomic E-state index is 12.7. The smallest absolute Gasteiger partial charge is 0.195 e. The molecular formula is C17H14N2O. The predicted molar refractivity (Wildman–Crippen MR) is 80.8 cm³/mol. The van der Waals surface area contributed by atoms with E-state index < -0.39 is 0 Å². The Hall–Kier alpha value is -2.68. The Morgan fingerprint density at radius 1 is 1.10 bits per heavy atom. The molecule has 2 N–H and O–H groups in total. The highest BCUT2D eigenvalue weighted by Gasteiger charge is 2.15. The van der Waals surface area contributed by atoms with Crippen LogP contribution < -0.4 is 5.73 Å². The van der Waals surface area contributed by atoms with E-state index in [1.807, 2.05) is 43.3 Å². The molecule has 3 rings (SSSR count). The molecule has 0 radical (unpaired) electrons. The number of carbonyl (C=O) groups excluding carboxylic acids is 1. The van der Waals surface area contributed by atoms with Gasteiger partial charge in [-0.05, 0) is 30.5 Å². The molecule has 0 aliphatic heterocycles. The van der Waals surface area contributed by atoms with Crippen molar-refractivity contribution in [3.8, 4) is 0 Å². The van der Waals surface area contributed by atoms with Crippen molar-refractivity contribution in [2.45, 2.75) is 6.92 Å². The molecule has 3 heteroatoms. The molecule has 1 heterocycles. The molecule has 0 aliphatic rings. The Bertz CT molecular complexity index is 804. The second-order valence-electron chi connectivity index (χ2n) is 4.82. The second-order valence-corrected chi connectivity index (χ2v) is 4.82. The van der Waals surface area contributed by atoms with Gasteiger partial charge in [-0.1, -0.05) is 29.8 Å². The van der Waals surface area contributed by atoms with Gasteiger partial charge in [0.1, 0.15) is 0 Å². The zero-order chi connectivity index (χ0) is 14.1. The predicted octanol–water partition coefficient (Wildman–Crippen LogP) is 3.36. The van der Waals surface area contributed by atoms with Crippen LogP contribution >= 0.6 is 0 Å². The van der Waals surface area contributed by atoms with Crippen molar-refractivity contribution in [3.05, 3.63) is 71.5 Å². The average Bonchev–Trinajstić information content (AvgIpc) is 2.48. The van der Waals surface area contributed by atoms with E-state index in [1.165, 1.54) is 0 Å². The molecule has 3 aromatic rings. The van der Waals surface area contributed by atoms with E-state index in [-0.39, 0.29) is 5.78 Å². The number of nitrogens with two attached hydrogens (primary N) is 1. The first-order valence-electron chi connectivity index (χ1n) is 6.40. The van der Waals surface area contributed by atoms with Crippen molar-refractivity contribution >= 4 is 22.2 Å². The third-order valence-corrected chi connectivity index (χ3v) is 3.38. The average molecular weight is 262 g/mol. The lowest BCUT2D eigenvalue weighted by Gasteiger charge is -2.08. The van der Waals surface area contributed by atoms with Gasteiger partial charge >= 0.3 is 0 Å². The summed E-state index contributed by atoms with van der Waals surface area (Å²) in [5.41, 5.74) is 8.67. The zero-order valence-electron chi connectivity index (χ0n) is 11.1. The van der Waals surface area contributed by atoms with Crippen molar-refractivity contribution in [1.29, 1.82) is 0 Å². The number of fused-ring (bicyclic) bond motifs is 1. The Morgan fingerprint density at radius 3 is 2.80 bits per heavy atom. The van der Waals surface area contributed by atoms with E-state index in [1.54, 1.807) is 18.5 Å². The highest BCUT2D eigenvalue weighted by molar-refractivity contribution is 6.18. The molecule has 0 spiro atoms. The van der Waals surface area contributed by atoms with Crippen LogP contribution in [0.1, 0.15) is 21.5 Å². The van der Waals surface area contributed by atoms with Crippen LogP contribution in [0.4, 0.5) is 5.69 Å². The summed E-state index contributed by atoms with van der Waals surface area (Å²) in [6, 6.07) is 13.0. The van der Waals surface area contributed by atoms with Gasteiger partial charge < -0.3 is 5.73 Å². The van der Waals surface area contributed by atoms with Gasteiger partial charge in [-0.3, -0.25) is 9.78 Å². The maximum atomic E-state index is 12.7. The summed E-state index contributed by atoms with van der Waals surface area (Å²) in [6.07, 6.45) is 3.45. The lowest BCUT2D eigenvalue weighted by molar-refractivity contribution is 0.104. The molecule has 0 saturated heterocycles. The van der Waals surface area contributed by atoms with Crippen molar-refractivity contribution in [1.82, 2.24) is 4.98 Å². The van der Waals surface area contributed by atoms with Crippen LogP contribution in [0.2, 0.25) is 0 Å². The topological polar surface area (TPSA) is 56.0 Å². The van der Waals surface area contributed by atoms with Gasteiger partial charge in [0.25, 0.3) is 0 Å². The van der Waals surface area contributed by atoms with E-state index in [4.69, 9.17) is 5.73 Å². The summed E-state index contributed by atoms with van der Waals surface area (Å²) in [5, 5.41) is 1.85. The number of aromatic nitrogens is 1. The molecule has 0 amide bonds. The number of hydrogen-bond acceptors (Lipinski definition) is 3. The van der Waals surface area contributed by atoms with Gasteiger partial charge in [-0.15, -0.1) is 0 Å². The lowest BCUT2D eigenvalue weighted by atomic mass is 9.96. The quantitative estimate of drug-likeness (QED) is 0.569. The van der Waals surface area contributed by atoms with E-state index in [9.17, 15) is 4.79 Å². The molecule has 0 fully saturated rings. The van der Waals surface area contributed by atoms with Crippen LogP contribution in [0.3, 0.4) is 0 Å². The molecule has 3 nitrogen and oxygen atoms in total. The number of hydrogen-bond donors (Lipinski definition) is 1. The van der Waals surface area contributed by atoms with Crippen LogP contribution in [-0.2, 0) is 0 Å². The van der Waals surface area contributed by atoms with Gasteiger partial charge in [0, 0.05) is 34.6 Å². The molecule has 0 unspecified atom stereocenters. The normalized spacial score (nSPS) is 10.7. The molecular weight excluding hydrogens is 248 g/mol. The number of ketones is 1. The van der Waals surface area contributed by atoms with Gasteiger partial charge in [0.15, 0.2) is 5.78 Å². The van der Waals surface area contributed by atoms with Gasteiger partial charge in [0.2, 0.25) is 0 Å². The van der Waals surface area contributed by atoms with Crippen LogP contribution in [-0.4, -0.2) is 10.8 Å². The highest BCUT2D eigenvalue weighted by Crippen LogP contribution is 2.23. The minimum atomic E-state index is -0.0528. The Kier molecular flexibility index (Phi) is 2.95. The number of pyridine rings is 1. The van der Waals surface area contributed by atoms with E-state index in [2.05, 4.69) is 4.98 Å². The van der Waals surface area contributed by atoms with Crippen LogP contribution in [0.25, 0.3) is 10.8 Å².